The SMILES string of the molecule is Fc1cc(C(F)(F)F)c(CNNc2ccccc2)c(F)c1F. The molecule has 0 aromatic heterocycles. The molecule has 0 fully saturated rings. The molecule has 2 aromatic rings. The van der Waals surface area contributed by atoms with Gasteiger partial charge in [0.15, 0.2) is 17.5 Å². The smallest absolute Gasteiger partial charge is 0.321 e. The summed E-state index contributed by atoms with van der Waals surface area (Å²) in [5, 5.41) is 0. The van der Waals surface area contributed by atoms with Gasteiger partial charge in [-0.1, -0.05) is 18.2 Å². The van der Waals surface area contributed by atoms with Crippen molar-refractivity contribution in [3.63, 3.8) is 0 Å². The quantitative estimate of drug-likeness (QED) is 0.500. The van der Waals surface area contributed by atoms with Crippen LogP contribution >= 0.6 is 0 Å². The van der Waals surface area contributed by atoms with Crippen molar-refractivity contribution in [1.29, 1.82) is 0 Å². The van der Waals surface area contributed by atoms with Gasteiger partial charge in [-0.25, -0.2) is 18.6 Å². The maximum atomic E-state index is 13.6. The fourth-order valence-electron chi connectivity index (χ4n) is 1.81. The molecule has 22 heavy (non-hydrogen) atoms. The average Bonchev–Trinajstić information content (AvgIpc) is 2.47. The predicted octanol–water partition coefficient (Wildman–Crippen LogP) is 4.24. The second kappa shape index (κ2) is 6.27. The monoisotopic (exact) mass is 320 g/mol. The summed E-state index contributed by atoms with van der Waals surface area (Å²) in [7, 11) is 0. The fourth-order valence-corrected chi connectivity index (χ4v) is 1.81. The van der Waals surface area contributed by atoms with Gasteiger partial charge in [-0.15, -0.1) is 0 Å². The van der Waals surface area contributed by atoms with Crippen LogP contribution in [0.5, 0.6) is 0 Å². The molecule has 0 heterocycles. The normalized spacial score (nSPS) is 11.5. The first-order chi connectivity index (χ1) is 10.3. The standard InChI is InChI=1S/C14H10F6N2/c15-11-6-10(14(18,19)20)9(12(16)13(11)17)7-21-22-8-4-2-1-3-5-8/h1-6,21-22H,7H2. The largest absolute Gasteiger partial charge is 0.416 e. The lowest BCUT2D eigenvalue weighted by Gasteiger charge is -2.16. The highest BCUT2D eigenvalue weighted by molar-refractivity contribution is 5.41. The van der Waals surface area contributed by atoms with Crippen molar-refractivity contribution in [2.75, 3.05) is 5.43 Å². The molecule has 0 spiro atoms. The highest BCUT2D eigenvalue weighted by atomic mass is 19.4. The summed E-state index contributed by atoms with van der Waals surface area (Å²) in [5.41, 5.74) is 2.82. The van der Waals surface area contributed by atoms with E-state index in [1.807, 2.05) is 0 Å². The zero-order valence-electron chi connectivity index (χ0n) is 10.9. The van der Waals surface area contributed by atoms with Crippen LogP contribution < -0.4 is 10.9 Å². The lowest BCUT2D eigenvalue weighted by molar-refractivity contribution is -0.138. The van der Waals surface area contributed by atoms with Crippen molar-refractivity contribution < 1.29 is 26.3 Å². The van der Waals surface area contributed by atoms with Crippen molar-refractivity contribution in [1.82, 2.24) is 5.43 Å². The number of halogens is 6. The van der Waals surface area contributed by atoms with E-state index in [4.69, 9.17) is 0 Å². The highest BCUT2D eigenvalue weighted by Crippen LogP contribution is 2.34. The Morgan fingerprint density at radius 2 is 1.55 bits per heavy atom. The van der Waals surface area contributed by atoms with Crippen LogP contribution in [0.3, 0.4) is 0 Å². The highest BCUT2D eigenvalue weighted by Gasteiger charge is 2.36. The third kappa shape index (κ3) is 3.51. The van der Waals surface area contributed by atoms with Gasteiger partial charge in [0.1, 0.15) is 0 Å². The molecular formula is C14H10F6N2. The van der Waals surface area contributed by atoms with E-state index in [9.17, 15) is 26.3 Å². The van der Waals surface area contributed by atoms with Crippen LogP contribution in [-0.4, -0.2) is 0 Å². The van der Waals surface area contributed by atoms with Crippen molar-refractivity contribution in [3.8, 4) is 0 Å². The van der Waals surface area contributed by atoms with Crippen LogP contribution in [0.25, 0.3) is 0 Å². The van der Waals surface area contributed by atoms with Crippen molar-refractivity contribution >= 4 is 5.69 Å². The molecule has 0 atom stereocenters. The maximum absolute atomic E-state index is 13.6. The number of alkyl halides is 3. The zero-order chi connectivity index (χ0) is 16.3. The average molecular weight is 320 g/mol. The Bertz CT molecular complexity index is 655. The Hall–Kier alpha value is -2.22. The van der Waals surface area contributed by atoms with Gasteiger partial charge in [-0.2, -0.15) is 13.2 Å². The van der Waals surface area contributed by atoms with E-state index in [1.54, 1.807) is 30.3 Å². The van der Waals surface area contributed by atoms with Crippen LogP contribution in [-0.2, 0) is 12.7 Å². The number of hydrogen-bond donors (Lipinski definition) is 2. The first kappa shape index (κ1) is 16.2. The van der Waals surface area contributed by atoms with E-state index in [2.05, 4.69) is 10.9 Å². The molecule has 0 unspecified atom stereocenters. The summed E-state index contributed by atoms with van der Waals surface area (Å²) in [4.78, 5) is 0. The summed E-state index contributed by atoms with van der Waals surface area (Å²) < 4.78 is 78.1. The minimum Gasteiger partial charge on any atom is -0.321 e. The van der Waals surface area contributed by atoms with Gasteiger partial charge in [0.05, 0.1) is 5.56 Å². The summed E-state index contributed by atoms with van der Waals surface area (Å²) in [6, 6.07) is 8.23. The number of rotatable bonds is 4. The summed E-state index contributed by atoms with van der Waals surface area (Å²) in [6.45, 7) is -0.688. The fraction of sp³-hybridized carbons (Fsp3) is 0.143. The Kier molecular flexibility index (Phi) is 4.60. The van der Waals surface area contributed by atoms with E-state index >= 15 is 0 Å². The van der Waals surface area contributed by atoms with Crippen LogP contribution in [0, 0.1) is 17.5 Å². The molecule has 0 radical (unpaired) electrons. The van der Waals surface area contributed by atoms with Crippen LogP contribution in [0.2, 0.25) is 0 Å². The molecule has 0 saturated heterocycles. The molecule has 0 saturated carbocycles. The van der Waals surface area contributed by atoms with Gasteiger partial charge < -0.3 is 5.43 Å². The molecule has 0 bridgehead atoms. The minimum atomic E-state index is -5.00. The van der Waals surface area contributed by atoms with Gasteiger partial charge in [0, 0.05) is 17.8 Å². The van der Waals surface area contributed by atoms with Crippen LogP contribution in [0.1, 0.15) is 11.1 Å². The molecule has 2 N–H and O–H groups in total. The Morgan fingerprint density at radius 1 is 0.909 bits per heavy atom. The lowest BCUT2D eigenvalue weighted by Crippen LogP contribution is -2.25. The van der Waals surface area contributed by atoms with E-state index in [0.29, 0.717) is 5.69 Å². The van der Waals surface area contributed by atoms with E-state index < -0.39 is 41.3 Å². The molecule has 0 aliphatic carbocycles. The Labute approximate surface area is 121 Å². The number of para-hydroxylation sites is 1. The number of nitrogens with one attached hydrogen (secondary N) is 2. The molecule has 0 amide bonds. The number of benzene rings is 2. The Morgan fingerprint density at radius 3 is 2.14 bits per heavy atom. The van der Waals surface area contributed by atoms with E-state index in [0.717, 1.165) is 0 Å². The summed E-state index contributed by atoms with van der Waals surface area (Å²) >= 11 is 0. The lowest BCUT2D eigenvalue weighted by atomic mass is 10.1. The first-order valence-electron chi connectivity index (χ1n) is 6.08. The van der Waals surface area contributed by atoms with Gasteiger partial charge in [-0.05, 0) is 18.2 Å². The van der Waals surface area contributed by atoms with Crippen molar-refractivity contribution in [2.24, 2.45) is 0 Å². The van der Waals surface area contributed by atoms with Gasteiger partial charge in [0.2, 0.25) is 0 Å². The van der Waals surface area contributed by atoms with Crippen molar-refractivity contribution in [3.05, 3.63) is 65.0 Å². The van der Waals surface area contributed by atoms with Gasteiger partial charge in [-0.3, -0.25) is 0 Å². The van der Waals surface area contributed by atoms with Crippen molar-refractivity contribution in [2.45, 2.75) is 12.7 Å². The molecule has 2 aromatic carbocycles. The molecule has 2 rings (SSSR count). The molecule has 2 nitrogen and oxygen atoms in total. The summed E-state index contributed by atoms with van der Waals surface area (Å²) in [6.07, 6.45) is -5.00. The van der Waals surface area contributed by atoms with Gasteiger partial charge >= 0.3 is 6.18 Å². The molecule has 0 aliphatic heterocycles. The first-order valence-corrected chi connectivity index (χ1v) is 6.08. The zero-order valence-corrected chi connectivity index (χ0v) is 10.9. The predicted molar refractivity (Wildman–Crippen MR) is 68.2 cm³/mol. The number of hydrogen-bond acceptors (Lipinski definition) is 2. The van der Waals surface area contributed by atoms with Crippen LogP contribution in [0.4, 0.5) is 32.0 Å². The summed E-state index contributed by atoms with van der Waals surface area (Å²) in [5.74, 6) is -5.69. The maximum Gasteiger partial charge on any atom is 0.416 e. The molecule has 8 heteroatoms. The van der Waals surface area contributed by atoms with E-state index in [1.165, 1.54) is 0 Å². The second-order valence-corrected chi connectivity index (χ2v) is 4.35. The van der Waals surface area contributed by atoms with Gasteiger partial charge in [0.25, 0.3) is 0 Å². The third-order valence-corrected chi connectivity index (χ3v) is 2.84. The van der Waals surface area contributed by atoms with Crippen LogP contribution in [0.15, 0.2) is 36.4 Å². The van der Waals surface area contributed by atoms with E-state index in [-0.39, 0.29) is 6.07 Å². The molecular weight excluding hydrogens is 310 g/mol. The molecule has 0 aliphatic rings. The number of anilines is 1. The second-order valence-electron chi connectivity index (χ2n) is 4.35. The number of hydrazine groups is 1. The topological polar surface area (TPSA) is 24.1 Å². The third-order valence-electron chi connectivity index (χ3n) is 2.84. The Balaban J connectivity index is 2.24. The molecule has 118 valence electrons. The minimum absolute atomic E-state index is 0.0576.